The van der Waals surface area contributed by atoms with E-state index < -0.39 is 5.60 Å². The van der Waals surface area contributed by atoms with Gasteiger partial charge in [0.25, 0.3) is 0 Å². The fourth-order valence-electron chi connectivity index (χ4n) is 11.6. The third-order valence-electron chi connectivity index (χ3n) is 14.3. The van der Waals surface area contributed by atoms with E-state index in [1.54, 1.807) is 0 Å². The number of nitrogens with two attached hydrogens (primary N) is 3. The highest BCUT2D eigenvalue weighted by molar-refractivity contribution is 5.67. The lowest BCUT2D eigenvalue weighted by atomic mass is 9.43. The maximum Gasteiger partial charge on any atom is 0.407 e. The summed E-state index contributed by atoms with van der Waals surface area (Å²) in [5.41, 5.74) is 17.8. The lowest BCUT2D eigenvalue weighted by Gasteiger charge is -2.65. The molecule has 0 radical (unpaired) electrons. The van der Waals surface area contributed by atoms with Gasteiger partial charge in [-0.2, -0.15) is 0 Å². The van der Waals surface area contributed by atoms with E-state index in [1.165, 1.54) is 38.5 Å². The SMILES string of the molecule is CC[C@H](CCCNCCCCNC(=O)OC(C)(C)C)C1CC[C@H]2C3[C@H](OCCCN)CC4C[C@H](OCCCN)CC[C@]4(C)[C@H]3C[C@H](OCCCN)[C@]12C. The van der Waals surface area contributed by atoms with Gasteiger partial charge in [-0.15, -0.1) is 0 Å². The molecule has 310 valence electrons. The summed E-state index contributed by atoms with van der Waals surface area (Å²) in [6.07, 6.45) is 17.3. The van der Waals surface area contributed by atoms with Crippen LogP contribution < -0.4 is 27.8 Å². The standard InChI is InChI=1S/C43H83N5O5/c1-7-31(14-10-23-47-22-8-9-24-48-40(49)53-41(2,3)4)34-15-16-35-39-36(30-38(43(34,35)6)52-27-13-21-46)42(5)18-17-33(50-25-11-19-44)28-32(42)29-37(39)51-26-12-20-45/h31-39,47H,7-30,44-46H2,1-6H3,(H,48,49)/t31-,32?,33-,34?,35+,36+,37-,38+,39?,42+,43-/m1/s1. The van der Waals surface area contributed by atoms with Crippen molar-refractivity contribution >= 4 is 6.09 Å². The minimum Gasteiger partial charge on any atom is -0.444 e. The number of carbonyl (C=O) groups is 1. The van der Waals surface area contributed by atoms with E-state index in [9.17, 15) is 4.79 Å². The predicted molar refractivity (Wildman–Crippen MR) is 216 cm³/mol. The van der Waals surface area contributed by atoms with E-state index in [2.05, 4.69) is 31.4 Å². The summed E-state index contributed by atoms with van der Waals surface area (Å²) in [4.78, 5) is 11.9. The molecule has 0 saturated heterocycles. The van der Waals surface area contributed by atoms with Crippen LogP contribution in [0.4, 0.5) is 4.79 Å². The van der Waals surface area contributed by atoms with E-state index in [0.717, 1.165) is 90.7 Å². The van der Waals surface area contributed by atoms with Crippen LogP contribution in [0.3, 0.4) is 0 Å². The molecule has 0 aromatic rings. The van der Waals surface area contributed by atoms with Gasteiger partial charge >= 0.3 is 6.09 Å². The van der Waals surface area contributed by atoms with Crippen molar-refractivity contribution in [3.05, 3.63) is 0 Å². The zero-order valence-electron chi connectivity index (χ0n) is 34.9. The van der Waals surface area contributed by atoms with Crippen LogP contribution in [0.5, 0.6) is 0 Å². The lowest BCUT2D eigenvalue weighted by molar-refractivity contribution is -0.228. The van der Waals surface area contributed by atoms with Crippen LogP contribution in [-0.4, -0.2) is 89.1 Å². The first-order valence-electron chi connectivity index (χ1n) is 22.0. The third kappa shape index (κ3) is 11.8. The molecule has 1 amide bonds. The Kier molecular flexibility index (Phi) is 18.1. The molecule has 0 aromatic carbocycles. The maximum absolute atomic E-state index is 11.9. The molecule has 3 unspecified atom stereocenters. The Bertz CT molecular complexity index is 1060. The fourth-order valence-corrected chi connectivity index (χ4v) is 11.6. The van der Waals surface area contributed by atoms with Crippen molar-refractivity contribution in [2.24, 2.45) is 63.5 Å². The average molecular weight is 750 g/mol. The van der Waals surface area contributed by atoms with Crippen LogP contribution in [0.1, 0.15) is 138 Å². The van der Waals surface area contributed by atoms with Crippen molar-refractivity contribution in [3.63, 3.8) is 0 Å². The van der Waals surface area contributed by atoms with E-state index in [-0.39, 0.29) is 29.1 Å². The number of carbonyl (C=O) groups excluding carboxylic acids is 1. The monoisotopic (exact) mass is 750 g/mol. The molecular formula is C43H83N5O5. The molecule has 10 heteroatoms. The van der Waals surface area contributed by atoms with E-state index >= 15 is 0 Å². The highest BCUT2D eigenvalue weighted by Crippen LogP contribution is 2.69. The van der Waals surface area contributed by atoms with E-state index in [4.69, 9.17) is 36.1 Å². The van der Waals surface area contributed by atoms with Gasteiger partial charge in [-0.25, -0.2) is 4.79 Å². The van der Waals surface area contributed by atoms with Gasteiger partial charge < -0.3 is 46.8 Å². The van der Waals surface area contributed by atoms with Crippen LogP contribution in [0.2, 0.25) is 0 Å². The van der Waals surface area contributed by atoms with Crippen molar-refractivity contribution in [2.75, 3.05) is 59.1 Å². The van der Waals surface area contributed by atoms with E-state index in [0.29, 0.717) is 67.8 Å². The van der Waals surface area contributed by atoms with Crippen LogP contribution in [0.25, 0.3) is 0 Å². The Morgan fingerprint density at radius 1 is 0.792 bits per heavy atom. The molecule has 4 saturated carbocycles. The Hall–Kier alpha value is -1.01. The molecule has 4 fully saturated rings. The highest BCUT2D eigenvalue weighted by Gasteiger charge is 2.66. The van der Waals surface area contributed by atoms with Crippen LogP contribution >= 0.6 is 0 Å². The van der Waals surface area contributed by atoms with Gasteiger partial charge in [0.15, 0.2) is 0 Å². The third-order valence-corrected chi connectivity index (χ3v) is 14.3. The van der Waals surface area contributed by atoms with Gasteiger partial charge in [0, 0.05) is 31.8 Å². The Morgan fingerprint density at radius 3 is 2.13 bits per heavy atom. The molecule has 4 aliphatic rings. The summed E-state index contributed by atoms with van der Waals surface area (Å²) < 4.78 is 25.8. The predicted octanol–water partition coefficient (Wildman–Crippen LogP) is 6.77. The Balaban J connectivity index is 1.42. The fraction of sp³-hybridized carbons (Fsp3) is 0.977. The molecule has 4 rings (SSSR count). The van der Waals surface area contributed by atoms with Gasteiger partial charge in [0.2, 0.25) is 0 Å². The summed E-state index contributed by atoms with van der Waals surface area (Å²) in [5.74, 6) is 3.71. The molecular weight excluding hydrogens is 667 g/mol. The number of hydrogen-bond donors (Lipinski definition) is 5. The minimum atomic E-state index is -0.463. The van der Waals surface area contributed by atoms with Crippen LogP contribution in [-0.2, 0) is 18.9 Å². The van der Waals surface area contributed by atoms with Crippen molar-refractivity contribution in [1.82, 2.24) is 10.6 Å². The first-order valence-corrected chi connectivity index (χ1v) is 22.0. The first-order chi connectivity index (χ1) is 25.4. The molecule has 0 spiro atoms. The van der Waals surface area contributed by atoms with Gasteiger partial charge in [-0.05, 0) is 184 Å². The maximum atomic E-state index is 11.9. The first kappa shape index (κ1) is 44.7. The summed E-state index contributed by atoms with van der Waals surface area (Å²) >= 11 is 0. The number of nitrogens with one attached hydrogen (secondary N) is 2. The average Bonchev–Trinajstić information content (AvgIpc) is 3.47. The number of unbranched alkanes of at least 4 members (excludes halogenated alkanes) is 1. The number of hydrogen-bond acceptors (Lipinski definition) is 9. The molecule has 0 aliphatic heterocycles. The summed E-state index contributed by atoms with van der Waals surface area (Å²) in [6, 6.07) is 0. The molecule has 0 aromatic heterocycles. The Morgan fingerprint density at radius 2 is 1.45 bits per heavy atom. The minimum absolute atomic E-state index is 0.131. The summed E-state index contributed by atoms with van der Waals surface area (Å²) in [7, 11) is 0. The molecule has 0 heterocycles. The number of fused-ring (bicyclic) bond motifs is 5. The molecule has 11 atom stereocenters. The second-order valence-corrected chi connectivity index (χ2v) is 18.7. The second kappa shape index (κ2) is 21.5. The van der Waals surface area contributed by atoms with Crippen LogP contribution in [0.15, 0.2) is 0 Å². The topological polar surface area (TPSA) is 156 Å². The molecule has 0 bridgehead atoms. The lowest BCUT2D eigenvalue weighted by Crippen LogP contribution is -2.63. The summed E-state index contributed by atoms with van der Waals surface area (Å²) in [6.45, 7) is 20.4. The normalized spacial score (nSPS) is 34.6. The van der Waals surface area contributed by atoms with Gasteiger partial charge in [0.1, 0.15) is 5.60 Å². The molecule has 8 N–H and O–H groups in total. The number of amides is 1. The smallest absolute Gasteiger partial charge is 0.407 e. The number of alkyl carbamates (subject to hydrolysis) is 1. The van der Waals surface area contributed by atoms with Gasteiger partial charge in [-0.3, -0.25) is 0 Å². The Labute approximate surface area is 324 Å². The van der Waals surface area contributed by atoms with Crippen LogP contribution in [0, 0.1) is 46.3 Å². The largest absolute Gasteiger partial charge is 0.444 e. The second-order valence-electron chi connectivity index (χ2n) is 18.7. The van der Waals surface area contributed by atoms with Gasteiger partial charge in [0.05, 0.1) is 18.3 Å². The van der Waals surface area contributed by atoms with Crippen molar-refractivity contribution < 1.29 is 23.7 Å². The molecule has 4 aliphatic carbocycles. The number of rotatable bonds is 23. The van der Waals surface area contributed by atoms with Crippen molar-refractivity contribution in [1.29, 1.82) is 0 Å². The molecule has 10 nitrogen and oxygen atoms in total. The number of ether oxygens (including phenoxy) is 4. The highest BCUT2D eigenvalue weighted by atomic mass is 16.6. The molecule has 53 heavy (non-hydrogen) atoms. The quantitative estimate of drug-likeness (QED) is 0.0712. The summed E-state index contributed by atoms with van der Waals surface area (Å²) in [5, 5.41) is 6.56. The van der Waals surface area contributed by atoms with E-state index in [1.807, 2.05) is 20.8 Å². The van der Waals surface area contributed by atoms with Gasteiger partial charge in [-0.1, -0.05) is 27.2 Å². The zero-order chi connectivity index (χ0) is 38.5. The van der Waals surface area contributed by atoms with Crippen molar-refractivity contribution in [3.8, 4) is 0 Å². The van der Waals surface area contributed by atoms with Crippen molar-refractivity contribution in [2.45, 2.75) is 162 Å². The zero-order valence-corrected chi connectivity index (χ0v) is 34.9.